The van der Waals surface area contributed by atoms with E-state index in [-0.39, 0.29) is 0 Å². The van der Waals surface area contributed by atoms with E-state index in [1.54, 1.807) is 0 Å². The molecule has 0 amide bonds. The third-order valence-corrected chi connectivity index (χ3v) is 3.04. The average molecular weight is 235 g/mol. The van der Waals surface area contributed by atoms with Gasteiger partial charge in [0.2, 0.25) is 0 Å². The van der Waals surface area contributed by atoms with Crippen LogP contribution in [0, 0.1) is 0 Å². The van der Waals surface area contributed by atoms with Gasteiger partial charge in [-0.1, -0.05) is 61.7 Å². The smallest absolute Gasteiger partial charge is 0.0481 e. The van der Waals surface area contributed by atoms with Crippen LogP contribution in [0.3, 0.4) is 0 Å². The number of rotatable bonds is 4. The lowest BCUT2D eigenvalue weighted by atomic mass is 10.1. The summed E-state index contributed by atoms with van der Waals surface area (Å²) in [6, 6.07) is 16.4. The van der Waals surface area contributed by atoms with E-state index in [1.165, 1.54) is 0 Å². The van der Waals surface area contributed by atoms with Crippen LogP contribution >= 0.6 is 0 Å². The van der Waals surface area contributed by atoms with Gasteiger partial charge >= 0.3 is 0 Å². The van der Waals surface area contributed by atoms with Crippen molar-refractivity contribution in [2.24, 2.45) is 0 Å². The Labute approximate surface area is 109 Å². The average Bonchev–Trinajstić information content (AvgIpc) is 2.46. The molecule has 0 aromatic heterocycles. The molecule has 0 saturated carbocycles. The topological polar surface area (TPSA) is 3.24 Å². The van der Waals surface area contributed by atoms with E-state index < -0.39 is 0 Å². The number of benzene rings is 2. The molecule has 0 aliphatic rings. The lowest BCUT2D eigenvalue weighted by molar-refractivity contribution is 1.20. The van der Waals surface area contributed by atoms with Crippen molar-refractivity contribution < 1.29 is 0 Å². The fraction of sp³-hybridized carbons (Fsp3) is 0.0588. The van der Waals surface area contributed by atoms with Crippen molar-refractivity contribution in [1.82, 2.24) is 0 Å². The molecule has 1 nitrogen and oxygen atoms in total. The zero-order valence-corrected chi connectivity index (χ0v) is 10.6. The Bertz CT molecular complexity index is 518. The van der Waals surface area contributed by atoms with E-state index in [0.29, 0.717) is 0 Å². The first-order valence-electron chi connectivity index (χ1n) is 5.94. The third-order valence-electron chi connectivity index (χ3n) is 3.04. The SMILES string of the molecule is C=Cc1ccccc1N(C)c1ccccc1C=C. The highest BCUT2D eigenvalue weighted by Gasteiger charge is 2.09. The standard InChI is InChI=1S/C17H17N/c1-4-14-10-6-8-12-16(14)18(3)17-13-9-7-11-15(17)5-2/h4-13H,1-2H2,3H3. The molecule has 18 heavy (non-hydrogen) atoms. The minimum Gasteiger partial charge on any atom is -0.344 e. The van der Waals surface area contributed by atoms with Crippen LogP contribution in [0.5, 0.6) is 0 Å². The summed E-state index contributed by atoms with van der Waals surface area (Å²) in [6.07, 6.45) is 3.75. The Morgan fingerprint density at radius 1 is 0.778 bits per heavy atom. The molecule has 0 atom stereocenters. The van der Waals surface area contributed by atoms with Crippen LogP contribution in [0.1, 0.15) is 11.1 Å². The first-order chi connectivity index (χ1) is 8.77. The van der Waals surface area contributed by atoms with Gasteiger partial charge in [-0.15, -0.1) is 0 Å². The second kappa shape index (κ2) is 5.37. The third kappa shape index (κ3) is 2.21. The van der Waals surface area contributed by atoms with Gasteiger partial charge in [0.15, 0.2) is 0 Å². The fourth-order valence-electron chi connectivity index (χ4n) is 2.06. The molecule has 1 heteroatoms. The predicted molar refractivity (Wildman–Crippen MR) is 81.1 cm³/mol. The van der Waals surface area contributed by atoms with E-state index in [2.05, 4.69) is 49.4 Å². The summed E-state index contributed by atoms with van der Waals surface area (Å²) in [5, 5.41) is 0. The van der Waals surface area contributed by atoms with Crippen LogP contribution in [0.2, 0.25) is 0 Å². The molecule has 0 saturated heterocycles. The molecular weight excluding hydrogens is 218 g/mol. The second-order valence-corrected chi connectivity index (χ2v) is 4.08. The largest absolute Gasteiger partial charge is 0.344 e. The molecule has 0 aliphatic carbocycles. The number of hydrogen-bond donors (Lipinski definition) is 0. The zero-order valence-electron chi connectivity index (χ0n) is 10.6. The summed E-state index contributed by atoms with van der Waals surface area (Å²) in [5.41, 5.74) is 4.53. The van der Waals surface area contributed by atoms with Gasteiger partial charge in [0, 0.05) is 18.4 Å². The Hall–Kier alpha value is -2.28. The molecule has 0 radical (unpaired) electrons. The number of para-hydroxylation sites is 2. The second-order valence-electron chi connectivity index (χ2n) is 4.08. The maximum Gasteiger partial charge on any atom is 0.0481 e. The summed E-state index contributed by atoms with van der Waals surface area (Å²) in [5.74, 6) is 0. The van der Waals surface area contributed by atoms with Crippen LogP contribution in [0.25, 0.3) is 12.2 Å². The van der Waals surface area contributed by atoms with Crippen molar-refractivity contribution in [2.45, 2.75) is 0 Å². The molecule has 2 rings (SSSR count). The molecule has 2 aromatic carbocycles. The first kappa shape index (κ1) is 12.2. The van der Waals surface area contributed by atoms with Gasteiger partial charge < -0.3 is 4.90 Å². The van der Waals surface area contributed by atoms with Crippen LogP contribution in [0.4, 0.5) is 11.4 Å². The summed E-state index contributed by atoms with van der Waals surface area (Å²) in [7, 11) is 2.06. The van der Waals surface area contributed by atoms with Crippen molar-refractivity contribution >= 4 is 23.5 Å². The summed E-state index contributed by atoms with van der Waals surface area (Å²) in [6.45, 7) is 7.73. The fourth-order valence-corrected chi connectivity index (χ4v) is 2.06. The molecule has 0 unspecified atom stereocenters. The molecule has 0 aliphatic heterocycles. The van der Waals surface area contributed by atoms with E-state index in [0.717, 1.165) is 22.5 Å². The minimum atomic E-state index is 1.12. The van der Waals surface area contributed by atoms with E-state index >= 15 is 0 Å². The highest BCUT2D eigenvalue weighted by Crippen LogP contribution is 2.30. The molecule has 0 N–H and O–H groups in total. The lowest BCUT2D eigenvalue weighted by Gasteiger charge is -2.23. The van der Waals surface area contributed by atoms with E-state index in [9.17, 15) is 0 Å². The molecule has 0 heterocycles. The lowest BCUT2D eigenvalue weighted by Crippen LogP contribution is -2.11. The predicted octanol–water partition coefficient (Wildman–Crippen LogP) is 4.74. The monoisotopic (exact) mass is 235 g/mol. The summed E-state index contributed by atoms with van der Waals surface area (Å²) < 4.78 is 0. The van der Waals surface area contributed by atoms with E-state index in [4.69, 9.17) is 0 Å². The van der Waals surface area contributed by atoms with Crippen LogP contribution in [-0.2, 0) is 0 Å². The molecule has 0 spiro atoms. The quantitative estimate of drug-likeness (QED) is 0.739. The van der Waals surface area contributed by atoms with E-state index in [1.807, 2.05) is 36.4 Å². The first-order valence-corrected chi connectivity index (χ1v) is 5.94. The molecule has 2 aromatic rings. The van der Waals surface area contributed by atoms with Crippen LogP contribution < -0.4 is 4.90 Å². The Morgan fingerprint density at radius 3 is 1.56 bits per heavy atom. The highest BCUT2D eigenvalue weighted by molar-refractivity contribution is 5.77. The maximum absolute atomic E-state index is 3.86. The van der Waals surface area contributed by atoms with Crippen molar-refractivity contribution in [3.05, 3.63) is 72.8 Å². The molecule has 0 fully saturated rings. The van der Waals surface area contributed by atoms with Crippen molar-refractivity contribution in [3.8, 4) is 0 Å². The number of nitrogens with zero attached hydrogens (tertiary/aromatic N) is 1. The molecule has 90 valence electrons. The Morgan fingerprint density at radius 2 is 1.17 bits per heavy atom. The van der Waals surface area contributed by atoms with Gasteiger partial charge in [-0.25, -0.2) is 0 Å². The summed E-state index contributed by atoms with van der Waals surface area (Å²) in [4.78, 5) is 2.16. The van der Waals surface area contributed by atoms with Gasteiger partial charge in [0.25, 0.3) is 0 Å². The van der Waals surface area contributed by atoms with Gasteiger partial charge in [-0.05, 0) is 23.3 Å². The van der Waals surface area contributed by atoms with Crippen LogP contribution in [-0.4, -0.2) is 7.05 Å². The van der Waals surface area contributed by atoms with Crippen molar-refractivity contribution in [2.75, 3.05) is 11.9 Å². The number of anilines is 2. The highest BCUT2D eigenvalue weighted by atomic mass is 15.1. The minimum absolute atomic E-state index is 1.12. The maximum atomic E-state index is 3.86. The van der Waals surface area contributed by atoms with Crippen molar-refractivity contribution in [1.29, 1.82) is 0 Å². The Balaban J connectivity index is 2.50. The molecule has 0 bridgehead atoms. The van der Waals surface area contributed by atoms with Gasteiger partial charge in [-0.3, -0.25) is 0 Å². The van der Waals surface area contributed by atoms with Gasteiger partial charge in [0.1, 0.15) is 0 Å². The molecular formula is C17H17N. The Kier molecular flexibility index (Phi) is 3.63. The normalized spacial score (nSPS) is 9.83. The van der Waals surface area contributed by atoms with Gasteiger partial charge in [0.05, 0.1) is 0 Å². The summed E-state index contributed by atoms with van der Waals surface area (Å²) >= 11 is 0. The van der Waals surface area contributed by atoms with Crippen LogP contribution in [0.15, 0.2) is 61.7 Å². The van der Waals surface area contributed by atoms with Gasteiger partial charge in [-0.2, -0.15) is 0 Å². The zero-order chi connectivity index (χ0) is 13.0. The number of hydrogen-bond acceptors (Lipinski definition) is 1. The van der Waals surface area contributed by atoms with Crippen molar-refractivity contribution in [3.63, 3.8) is 0 Å².